The third-order valence-electron chi connectivity index (χ3n) is 4.20. The highest BCUT2D eigenvalue weighted by Crippen LogP contribution is 2.47. The second-order valence-electron chi connectivity index (χ2n) is 5.82. The molecule has 0 atom stereocenters. The molecule has 1 aromatic heterocycles. The van der Waals surface area contributed by atoms with E-state index in [0.717, 1.165) is 0 Å². The number of carboxylic acids is 1. The summed E-state index contributed by atoms with van der Waals surface area (Å²) in [6.07, 6.45) is 6.20. The molecule has 0 unspecified atom stereocenters. The van der Waals surface area contributed by atoms with Gasteiger partial charge in [0.2, 0.25) is 0 Å². The highest BCUT2D eigenvalue weighted by molar-refractivity contribution is 5.96. The van der Waals surface area contributed by atoms with Gasteiger partial charge in [-0.25, -0.2) is 9.78 Å². The number of carboxylic acid groups (broad SMARTS) is 1. The molecule has 2 saturated carbocycles. The number of amides is 1. The van der Waals surface area contributed by atoms with Gasteiger partial charge in [0, 0.05) is 24.8 Å². The summed E-state index contributed by atoms with van der Waals surface area (Å²) in [4.78, 5) is 29.0. The molecule has 0 aliphatic heterocycles. The molecule has 1 aromatic rings. The quantitative estimate of drug-likeness (QED) is 0.892. The van der Waals surface area contributed by atoms with E-state index in [4.69, 9.17) is 5.11 Å². The predicted octanol–water partition coefficient (Wildman–Crippen LogP) is 2.04. The zero-order valence-corrected chi connectivity index (χ0v) is 11.5. The van der Waals surface area contributed by atoms with Crippen LogP contribution in [0.2, 0.25) is 0 Å². The van der Waals surface area contributed by atoms with Gasteiger partial charge in [-0.05, 0) is 49.7 Å². The minimum absolute atomic E-state index is 0.0846. The van der Waals surface area contributed by atoms with Gasteiger partial charge in [-0.2, -0.15) is 0 Å². The van der Waals surface area contributed by atoms with E-state index in [1.165, 1.54) is 37.9 Å². The van der Waals surface area contributed by atoms with Gasteiger partial charge in [-0.1, -0.05) is 0 Å². The Balaban J connectivity index is 1.80. The molecule has 2 aliphatic carbocycles. The maximum absolute atomic E-state index is 12.5. The molecule has 0 spiro atoms. The van der Waals surface area contributed by atoms with Crippen LogP contribution in [0.15, 0.2) is 18.3 Å². The average molecular weight is 274 g/mol. The van der Waals surface area contributed by atoms with Crippen molar-refractivity contribution in [3.63, 3.8) is 0 Å². The first kappa shape index (κ1) is 13.1. The van der Waals surface area contributed by atoms with Gasteiger partial charge in [0.05, 0.1) is 0 Å². The van der Waals surface area contributed by atoms with E-state index < -0.39 is 5.97 Å². The van der Waals surface area contributed by atoms with E-state index in [9.17, 15) is 9.59 Å². The van der Waals surface area contributed by atoms with E-state index in [1.54, 1.807) is 6.07 Å². The van der Waals surface area contributed by atoms with E-state index >= 15 is 0 Å². The molecular weight excluding hydrogens is 256 g/mol. The molecule has 1 N–H and O–H groups in total. The van der Waals surface area contributed by atoms with Crippen LogP contribution in [0, 0.1) is 11.8 Å². The maximum Gasteiger partial charge on any atom is 0.354 e. The first-order valence-corrected chi connectivity index (χ1v) is 7.04. The summed E-state index contributed by atoms with van der Waals surface area (Å²) >= 11 is 0. The first-order valence-electron chi connectivity index (χ1n) is 7.04. The smallest absolute Gasteiger partial charge is 0.354 e. The fourth-order valence-corrected chi connectivity index (χ4v) is 2.91. The van der Waals surface area contributed by atoms with Crippen LogP contribution in [-0.4, -0.2) is 40.0 Å². The number of aromatic carboxylic acids is 1. The van der Waals surface area contributed by atoms with Crippen molar-refractivity contribution in [2.24, 2.45) is 11.8 Å². The van der Waals surface area contributed by atoms with Gasteiger partial charge in [-0.15, -0.1) is 0 Å². The van der Waals surface area contributed by atoms with E-state index in [-0.39, 0.29) is 11.6 Å². The third-order valence-corrected chi connectivity index (χ3v) is 4.20. The molecule has 0 radical (unpaired) electrons. The second-order valence-corrected chi connectivity index (χ2v) is 5.82. The highest BCUT2D eigenvalue weighted by atomic mass is 16.4. The number of carbonyl (C=O) groups is 2. The zero-order chi connectivity index (χ0) is 14.3. The normalized spacial score (nSPS) is 18.1. The Morgan fingerprint density at radius 2 is 1.90 bits per heavy atom. The minimum Gasteiger partial charge on any atom is -0.477 e. The van der Waals surface area contributed by atoms with Crippen molar-refractivity contribution >= 4 is 11.9 Å². The Kier molecular flexibility index (Phi) is 3.20. The summed E-state index contributed by atoms with van der Waals surface area (Å²) in [6.45, 7) is 0. The number of rotatable bonds is 5. The summed E-state index contributed by atoms with van der Waals surface area (Å²) in [6, 6.07) is 3.27. The van der Waals surface area contributed by atoms with Crippen LogP contribution < -0.4 is 0 Å². The second kappa shape index (κ2) is 4.89. The molecule has 0 aromatic carbocycles. The van der Waals surface area contributed by atoms with Crippen molar-refractivity contribution < 1.29 is 14.7 Å². The minimum atomic E-state index is -1.11. The largest absolute Gasteiger partial charge is 0.477 e. The first-order chi connectivity index (χ1) is 9.58. The Labute approximate surface area is 117 Å². The molecule has 1 heterocycles. The number of carbonyl (C=O) groups excluding carboxylic acids is 1. The van der Waals surface area contributed by atoms with Crippen molar-refractivity contribution in [2.45, 2.75) is 31.7 Å². The number of hydrogen-bond donors (Lipinski definition) is 1. The summed E-state index contributed by atoms with van der Waals surface area (Å²) < 4.78 is 0. The van der Waals surface area contributed by atoms with E-state index in [0.29, 0.717) is 23.4 Å². The molecular formula is C15H18N2O3. The lowest BCUT2D eigenvalue weighted by molar-refractivity contribution is 0.0688. The van der Waals surface area contributed by atoms with Gasteiger partial charge in [-0.3, -0.25) is 4.79 Å². The Hall–Kier alpha value is -1.91. The highest BCUT2D eigenvalue weighted by Gasteiger charge is 2.45. The van der Waals surface area contributed by atoms with Crippen LogP contribution in [0.3, 0.4) is 0 Å². The molecule has 5 heteroatoms. The van der Waals surface area contributed by atoms with Crippen LogP contribution in [0.25, 0.3) is 0 Å². The predicted molar refractivity (Wildman–Crippen MR) is 72.5 cm³/mol. The standard InChI is InChI=1S/C15H18N2O3/c1-17(13(9-2-3-9)10-4-5-10)14(18)11-6-7-16-12(8-11)15(19)20/h6-10,13H,2-5H2,1H3,(H,19,20). The molecule has 2 fully saturated rings. The van der Waals surface area contributed by atoms with Gasteiger partial charge >= 0.3 is 5.97 Å². The fourth-order valence-electron chi connectivity index (χ4n) is 2.91. The molecule has 5 nitrogen and oxygen atoms in total. The molecule has 0 bridgehead atoms. The van der Waals surface area contributed by atoms with Gasteiger partial charge in [0.25, 0.3) is 5.91 Å². The Morgan fingerprint density at radius 1 is 1.30 bits per heavy atom. The molecule has 106 valence electrons. The van der Waals surface area contributed by atoms with Crippen molar-refractivity contribution in [1.82, 2.24) is 9.88 Å². The summed E-state index contributed by atoms with van der Waals surface area (Å²) in [7, 11) is 1.84. The lowest BCUT2D eigenvalue weighted by atomic mass is 10.0. The van der Waals surface area contributed by atoms with Gasteiger partial charge < -0.3 is 10.0 Å². The van der Waals surface area contributed by atoms with Crippen molar-refractivity contribution in [3.05, 3.63) is 29.6 Å². The topological polar surface area (TPSA) is 70.5 Å². The SMILES string of the molecule is CN(C(=O)c1ccnc(C(=O)O)c1)C(C1CC1)C1CC1. The van der Waals surface area contributed by atoms with Crippen LogP contribution in [0.4, 0.5) is 0 Å². The third kappa shape index (κ3) is 2.53. The van der Waals surface area contributed by atoms with Gasteiger partial charge in [0.15, 0.2) is 0 Å². The van der Waals surface area contributed by atoms with Crippen LogP contribution in [0.5, 0.6) is 0 Å². The van der Waals surface area contributed by atoms with Crippen LogP contribution >= 0.6 is 0 Å². The summed E-state index contributed by atoms with van der Waals surface area (Å²) in [5, 5.41) is 8.95. The summed E-state index contributed by atoms with van der Waals surface area (Å²) in [5.74, 6) is 0.0661. The fraction of sp³-hybridized carbons (Fsp3) is 0.533. The summed E-state index contributed by atoms with van der Waals surface area (Å²) in [5.41, 5.74) is 0.324. The lowest BCUT2D eigenvalue weighted by Crippen LogP contribution is -2.40. The van der Waals surface area contributed by atoms with Crippen molar-refractivity contribution in [2.75, 3.05) is 7.05 Å². The maximum atomic E-state index is 12.5. The van der Waals surface area contributed by atoms with Crippen LogP contribution in [0.1, 0.15) is 46.5 Å². The van der Waals surface area contributed by atoms with Gasteiger partial charge in [0.1, 0.15) is 5.69 Å². The number of aromatic nitrogens is 1. The zero-order valence-electron chi connectivity index (χ0n) is 11.5. The molecule has 20 heavy (non-hydrogen) atoms. The average Bonchev–Trinajstić information content (AvgIpc) is 3.32. The monoisotopic (exact) mass is 274 g/mol. The van der Waals surface area contributed by atoms with Crippen molar-refractivity contribution in [3.8, 4) is 0 Å². The number of pyridine rings is 1. The number of hydrogen-bond acceptors (Lipinski definition) is 3. The molecule has 0 saturated heterocycles. The van der Waals surface area contributed by atoms with E-state index in [2.05, 4.69) is 4.98 Å². The molecule has 3 rings (SSSR count). The van der Waals surface area contributed by atoms with Crippen molar-refractivity contribution in [1.29, 1.82) is 0 Å². The Bertz CT molecular complexity index is 538. The lowest BCUT2D eigenvalue weighted by Gasteiger charge is -2.28. The molecule has 1 amide bonds. The Morgan fingerprint density at radius 3 is 2.40 bits per heavy atom. The van der Waals surface area contributed by atoms with Crippen LogP contribution in [-0.2, 0) is 0 Å². The number of nitrogens with zero attached hydrogens (tertiary/aromatic N) is 2. The van der Waals surface area contributed by atoms with E-state index in [1.807, 2.05) is 11.9 Å². The molecule has 2 aliphatic rings.